The van der Waals surface area contributed by atoms with Gasteiger partial charge in [0.2, 0.25) is 0 Å². The molecule has 1 aromatic carbocycles. The van der Waals surface area contributed by atoms with Crippen LogP contribution in [-0.4, -0.2) is 0 Å². The first-order valence-corrected chi connectivity index (χ1v) is 5.72. The molecule has 0 aliphatic heterocycles. The lowest BCUT2D eigenvalue weighted by Gasteiger charge is -2.22. The minimum absolute atomic E-state index is 0.619. The van der Waals surface area contributed by atoms with E-state index in [0.29, 0.717) is 12.5 Å². The molecule has 1 aliphatic carbocycles. The molecule has 1 aliphatic rings. The molecule has 0 aromatic heterocycles. The monoisotopic (exact) mass is 200 g/mol. The standard InChI is InChI=1S/C14H18N/c1-11-6-2-4-8-13(11)14-9-5-3-7-12(14)10-15/h3,5,7,9,11H,2,4,6,10,15H2,1H3. The fraction of sp³-hybridized carbons (Fsp3) is 0.429. The van der Waals surface area contributed by atoms with E-state index in [4.69, 9.17) is 5.73 Å². The molecule has 0 amide bonds. The van der Waals surface area contributed by atoms with Crippen molar-refractivity contribution in [2.75, 3.05) is 0 Å². The highest BCUT2D eigenvalue weighted by Crippen LogP contribution is 2.33. The van der Waals surface area contributed by atoms with Gasteiger partial charge in [-0.2, -0.15) is 0 Å². The summed E-state index contributed by atoms with van der Waals surface area (Å²) >= 11 is 0. The first-order valence-electron chi connectivity index (χ1n) is 5.72. The molecule has 1 unspecified atom stereocenters. The van der Waals surface area contributed by atoms with E-state index in [1.54, 1.807) is 0 Å². The number of hydrogen-bond donors (Lipinski definition) is 1. The summed E-state index contributed by atoms with van der Waals surface area (Å²) in [6, 6.07) is 8.43. The van der Waals surface area contributed by atoms with Gasteiger partial charge < -0.3 is 5.73 Å². The first-order chi connectivity index (χ1) is 7.33. The van der Waals surface area contributed by atoms with Gasteiger partial charge in [0.1, 0.15) is 0 Å². The third-order valence-electron chi connectivity index (χ3n) is 3.15. The molecule has 0 spiro atoms. The van der Waals surface area contributed by atoms with E-state index in [9.17, 15) is 0 Å². The second-order valence-corrected chi connectivity index (χ2v) is 4.24. The van der Waals surface area contributed by atoms with Gasteiger partial charge in [0, 0.05) is 6.54 Å². The summed E-state index contributed by atoms with van der Waals surface area (Å²) in [6.45, 7) is 2.91. The number of allylic oxidation sites excluding steroid dienone is 2. The zero-order chi connectivity index (χ0) is 10.7. The minimum atomic E-state index is 0.619. The SMILES string of the molecule is CC1CCC[C]=C1c1ccccc1CN. The van der Waals surface area contributed by atoms with E-state index >= 15 is 0 Å². The second kappa shape index (κ2) is 4.63. The summed E-state index contributed by atoms with van der Waals surface area (Å²) < 4.78 is 0. The van der Waals surface area contributed by atoms with Crippen LogP contribution >= 0.6 is 0 Å². The van der Waals surface area contributed by atoms with Gasteiger partial charge >= 0.3 is 0 Å². The van der Waals surface area contributed by atoms with Gasteiger partial charge in [0.15, 0.2) is 0 Å². The molecule has 0 fully saturated rings. The van der Waals surface area contributed by atoms with Crippen LogP contribution in [0.4, 0.5) is 0 Å². The summed E-state index contributed by atoms with van der Waals surface area (Å²) in [7, 11) is 0. The van der Waals surface area contributed by atoms with Crippen molar-refractivity contribution in [3.8, 4) is 0 Å². The van der Waals surface area contributed by atoms with Crippen LogP contribution in [0.1, 0.15) is 37.3 Å². The molecule has 2 rings (SSSR count). The zero-order valence-electron chi connectivity index (χ0n) is 9.29. The Morgan fingerprint density at radius 2 is 2.20 bits per heavy atom. The number of benzene rings is 1. The van der Waals surface area contributed by atoms with Crippen LogP contribution in [-0.2, 0) is 6.54 Å². The van der Waals surface area contributed by atoms with E-state index < -0.39 is 0 Å². The van der Waals surface area contributed by atoms with Gasteiger partial charge in [-0.25, -0.2) is 0 Å². The Labute approximate surface area is 92.0 Å². The topological polar surface area (TPSA) is 26.0 Å². The molecule has 15 heavy (non-hydrogen) atoms. The maximum Gasteiger partial charge on any atom is 0.0184 e. The van der Waals surface area contributed by atoms with Crippen LogP contribution in [0.2, 0.25) is 0 Å². The summed E-state index contributed by atoms with van der Waals surface area (Å²) in [5.74, 6) is 0.631. The Morgan fingerprint density at radius 3 is 2.93 bits per heavy atom. The maximum atomic E-state index is 5.76. The van der Waals surface area contributed by atoms with Crippen molar-refractivity contribution in [2.24, 2.45) is 11.7 Å². The second-order valence-electron chi connectivity index (χ2n) is 4.24. The van der Waals surface area contributed by atoms with E-state index in [-0.39, 0.29) is 0 Å². The quantitative estimate of drug-likeness (QED) is 0.779. The maximum absolute atomic E-state index is 5.76. The molecule has 1 nitrogen and oxygen atoms in total. The smallest absolute Gasteiger partial charge is 0.0184 e. The summed E-state index contributed by atoms with van der Waals surface area (Å²) in [4.78, 5) is 0. The summed E-state index contributed by atoms with van der Waals surface area (Å²) in [6.07, 6.45) is 7.17. The number of rotatable bonds is 2. The van der Waals surface area contributed by atoms with Crippen molar-refractivity contribution in [3.63, 3.8) is 0 Å². The van der Waals surface area contributed by atoms with Crippen molar-refractivity contribution < 1.29 is 0 Å². The Kier molecular flexibility index (Phi) is 3.22. The van der Waals surface area contributed by atoms with Gasteiger partial charge in [0.25, 0.3) is 0 Å². The highest BCUT2D eigenvalue weighted by molar-refractivity contribution is 5.68. The summed E-state index contributed by atoms with van der Waals surface area (Å²) in [5, 5.41) is 0. The first kappa shape index (κ1) is 10.4. The van der Waals surface area contributed by atoms with Crippen LogP contribution in [0.3, 0.4) is 0 Å². The predicted octanol–water partition coefficient (Wildman–Crippen LogP) is 3.15. The third kappa shape index (κ3) is 2.13. The van der Waals surface area contributed by atoms with E-state index in [1.807, 2.05) is 0 Å². The van der Waals surface area contributed by atoms with Crippen molar-refractivity contribution in [2.45, 2.75) is 32.7 Å². The van der Waals surface area contributed by atoms with Crippen LogP contribution in [0.15, 0.2) is 24.3 Å². The number of hydrogen-bond acceptors (Lipinski definition) is 1. The van der Waals surface area contributed by atoms with Gasteiger partial charge in [-0.3, -0.25) is 0 Å². The average molecular weight is 200 g/mol. The van der Waals surface area contributed by atoms with Gasteiger partial charge in [-0.15, -0.1) is 0 Å². The van der Waals surface area contributed by atoms with Gasteiger partial charge in [-0.1, -0.05) is 31.2 Å². The molecule has 0 saturated heterocycles. The fourth-order valence-electron chi connectivity index (χ4n) is 2.27. The minimum Gasteiger partial charge on any atom is -0.326 e. The van der Waals surface area contributed by atoms with Gasteiger partial charge in [0.05, 0.1) is 0 Å². The molecule has 2 N–H and O–H groups in total. The van der Waals surface area contributed by atoms with Crippen LogP contribution in [0.5, 0.6) is 0 Å². The fourth-order valence-corrected chi connectivity index (χ4v) is 2.27. The van der Waals surface area contributed by atoms with Crippen molar-refractivity contribution in [3.05, 3.63) is 41.5 Å². The van der Waals surface area contributed by atoms with Crippen LogP contribution < -0.4 is 5.73 Å². The molecule has 0 heterocycles. The van der Waals surface area contributed by atoms with E-state index in [2.05, 4.69) is 37.3 Å². The third-order valence-corrected chi connectivity index (χ3v) is 3.15. The Balaban J connectivity index is 2.39. The molecule has 1 aromatic rings. The molecule has 79 valence electrons. The number of nitrogens with two attached hydrogens (primary N) is 1. The van der Waals surface area contributed by atoms with Crippen molar-refractivity contribution >= 4 is 5.57 Å². The van der Waals surface area contributed by atoms with Crippen molar-refractivity contribution in [1.82, 2.24) is 0 Å². The molecule has 0 saturated carbocycles. The average Bonchev–Trinajstić information content (AvgIpc) is 2.30. The Bertz CT molecular complexity index is 365. The largest absolute Gasteiger partial charge is 0.326 e. The predicted molar refractivity (Wildman–Crippen MR) is 64.0 cm³/mol. The molecule has 1 atom stereocenters. The lowest BCUT2D eigenvalue weighted by molar-refractivity contribution is 0.593. The highest BCUT2D eigenvalue weighted by Gasteiger charge is 2.16. The lowest BCUT2D eigenvalue weighted by atomic mass is 9.83. The molecular formula is C14H18N. The normalized spacial score (nSPS) is 21.2. The molecule has 1 radical (unpaired) electrons. The van der Waals surface area contributed by atoms with E-state index in [1.165, 1.54) is 29.5 Å². The molecular weight excluding hydrogens is 182 g/mol. The van der Waals surface area contributed by atoms with Crippen molar-refractivity contribution in [1.29, 1.82) is 0 Å². The molecule has 0 bridgehead atoms. The van der Waals surface area contributed by atoms with Crippen LogP contribution in [0.25, 0.3) is 5.57 Å². The highest BCUT2D eigenvalue weighted by atomic mass is 14.5. The Hall–Kier alpha value is -1.08. The lowest BCUT2D eigenvalue weighted by Crippen LogP contribution is -2.08. The van der Waals surface area contributed by atoms with Gasteiger partial charge in [-0.05, 0) is 48.0 Å². The zero-order valence-corrected chi connectivity index (χ0v) is 9.29. The van der Waals surface area contributed by atoms with Crippen LogP contribution in [0, 0.1) is 12.0 Å². The summed E-state index contributed by atoms with van der Waals surface area (Å²) in [5.41, 5.74) is 9.70. The van der Waals surface area contributed by atoms with E-state index in [0.717, 1.165) is 6.42 Å². The Morgan fingerprint density at radius 1 is 1.40 bits per heavy atom. The molecule has 1 heteroatoms.